The molecule has 0 aliphatic carbocycles. The summed E-state index contributed by atoms with van der Waals surface area (Å²) in [6, 6.07) is 7.25. The monoisotopic (exact) mass is 388 g/mol. The molecule has 0 unspecified atom stereocenters. The Morgan fingerprint density at radius 2 is 1.82 bits per heavy atom. The quantitative estimate of drug-likeness (QED) is 0.437. The van der Waals surface area contributed by atoms with E-state index in [1.165, 1.54) is 12.2 Å². The Bertz CT molecular complexity index is 788. The highest BCUT2D eigenvalue weighted by Gasteiger charge is 2.43. The summed E-state index contributed by atoms with van der Waals surface area (Å²) in [6.45, 7) is 4.86. The van der Waals surface area contributed by atoms with Crippen LogP contribution in [0.15, 0.2) is 60.0 Å². The fraction of sp³-hybridized carbons (Fsp3) is 0.364. The van der Waals surface area contributed by atoms with Crippen LogP contribution in [-0.4, -0.2) is 57.6 Å². The average Bonchev–Trinajstić information content (AvgIpc) is 2.70. The third-order valence-corrected chi connectivity index (χ3v) is 4.70. The van der Waals surface area contributed by atoms with Gasteiger partial charge >= 0.3 is 0 Å². The molecular weight excluding hydrogens is 363 g/mol. The van der Waals surface area contributed by atoms with Crippen LogP contribution in [-0.2, 0) is 11.2 Å². The molecule has 1 aliphatic heterocycles. The molecule has 150 valence electrons. The van der Waals surface area contributed by atoms with Gasteiger partial charge in [0.2, 0.25) is 0 Å². The predicted molar refractivity (Wildman–Crippen MR) is 104 cm³/mol. The second-order valence-corrected chi connectivity index (χ2v) is 6.80. The maximum Gasteiger partial charge on any atom is 0.122 e. The molecule has 6 heteroatoms. The smallest absolute Gasteiger partial charge is 0.122 e. The highest BCUT2D eigenvalue weighted by atomic mass is 19.1. The van der Waals surface area contributed by atoms with Crippen LogP contribution in [0.3, 0.4) is 0 Å². The van der Waals surface area contributed by atoms with Crippen molar-refractivity contribution < 1.29 is 29.6 Å². The highest BCUT2D eigenvalue weighted by Crippen LogP contribution is 2.26. The lowest BCUT2D eigenvalue weighted by Crippen LogP contribution is -2.58. The van der Waals surface area contributed by atoms with Crippen molar-refractivity contribution in [3.05, 3.63) is 71.1 Å². The van der Waals surface area contributed by atoms with E-state index in [1.54, 1.807) is 19.1 Å². The largest absolute Gasteiger partial charge is 0.394 e. The van der Waals surface area contributed by atoms with E-state index in [9.17, 15) is 24.8 Å². The van der Waals surface area contributed by atoms with Crippen molar-refractivity contribution in [3.8, 4) is 12.3 Å². The summed E-state index contributed by atoms with van der Waals surface area (Å²) in [5.74, 6) is 2.06. The molecule has 5 nitrogen and oxygen atoms in total. The first-order valence-electron chi connectivity index (χ1n) is 8.86. The minimum atomic E-state index is -1.51. The Kier molecular flexibility index (Phi) is 7.69. The van der Waals surface area contributed by atoms with Crippen molar-refractivity contribution in [2.24, 2.45) is 0 Å². The zero-order valence-corrected chi connectivity index (χ0v) is 15.6. The second-order valence-electron chi connectivity index (χ2n) is 6.80. The Hall–Kier alpha value is -2.27. The Morgan fingerprint density at radius 1 is 1.18 bits per heavy atom. The summed E-state index contributed by atoms with van der Waals surface area (Å²) >= 11 is 0. The zero-order chi connectivity index (χ0) is 20.8. The van der Waals surface area contributed by atoms with E-state index in [-0.39, 0.29) is 5.57 Å². The van der Waals surface area contributed by atoms with Crippen LogP contribution in [0, 0.1) is 12.3 Å². The maximum atomic E-state index is 14.4. The minimum absolute atomic E-state index is 0.207. The molecular formula is C22H25FO5. The number of hydrogen-bond acceptors (Lipinski definition) is 5. The Balaban J connectivity index is 2.06. The first kappa shape index (κ1) is 22.0. The van der Waals surface area contributed by atoms with Gasteiger partial charge in [-0.05, 0) is 48.3 Å². The fourth-order valence-electron chi connectivity index (χ4n) is 2.93. The summed E-state index contributed by atoms with van der Waals surface area (Å²) < 4.78 is 19.8. The van der Waals surface area contributed by atoms with Crippen molar-refractivity contribution in [1.82, 2.24) is 0 Å². The predicted octanol–water partition coefficient (Wildman–Crippen LogP) is 1.41. The first-order chi connectivity index (χ1) is 13.3. The normalized spacial score (nSPS) is 28.7. The molecule has 1 saturated heterocycles. The number of terminal acetylenes is 1. The summed E-state index contributed by atoms with van der Waals surface area (Å²) in [6.07, 6.45) is 1.74. The third kappa shape index (κ3) is 5.16. The summed E-state index contributed by atoms with van der Waals surface area (Å²) in [5, 5.41) is 38.9. The van der Waals surface area contributed by atoms with Crippen LogP contribution in [0.25, 0.3) is 0 Å². The van der Waals surface area contributed by atoms with Gasteiger partial charge in [-0.1, -0.05) is 30.7 Å². The molecule has 0 radical (unpaired) electrons. The molecule has 0 bridgehead atoms. The van der Waals surface area contributed by atoms with Crippen molar-refractivity contribution in [3.63, 3.8) is 0 Å². The SMILES string of the molecule is C#Cc1ccc(C/C(C)=C(F)/C=C\C(=C)[C@@H]2O[C@H](CO)[C@@H](O)[C@H](O)[C@H]2O)cc1. The number of benzene rings is 1. The molecule has 0 aromatic heterocycles. The number of hydrogen-bond donors (Lipinski definition) is 4. The lowest BCUT2D eigenvalue weighted by atomic mass is 9.91. The van der Waals surface area contributed by atoms with E-state index in [1.807, 2.05) is 12.1 Å². The van der Waals surface area contributed by atoms with E-state index in [2.05, 4.69) is 12.5 Å². The minimum Gasteiger partial charge on any atom is -0.394 e. The number of aliphatic hydroxyl groups excluding tert-OH is 4. The molecule has 0 spiro atoms. The topological polar surface area (TPSA) is 90.2 Å². The van der Waals surface area contributed by atoms with Crippen LogP contribution in [0.4, 0.5) is 4.39 Å². The van der Waals surface area contributed by atoms with Gasteiger partial charge in [-0.15, -0.1) is 6.42 Å². The van der Waals surface area contributed by atoms with E-state index in [4.69, 9.17) is 11.2 Å². The van der Waals surface area contributed by atoms with Gasteiger partial charge in [0.25, 0.3) is 0 Å². The first-order valence-corrected chi connectivity index (χ1v) is 8.86. The van der Waals surface area contributed by atoms with Crippen LogP contribution < -0.4 is 0 Å². The van der Waals surface area contributed by atoms with Gasteiger partial charge in [-0.2, -0.15) is 0 Å². The molecule has 5 atom stereocenters. The number of allylic oxidation sites excluding steroid dienone is 3. The van der Waals surface area contributed by atoms with Crippen molar-refractivity contribution in [2.75, 3.05) is 6.61 Å². The number of ether oxygens (including phenoxy) is 1. The Morgan fingerprint density at radius 3 is 2.39 bits per heavy atom. The van der Waals surface area contributed by atoms with E-state index in [0.29, 0.717) is 12.0 Å². The Labute approximate surface area is 164 Å². The molecule has 1 aliphatic rings. The molecule has 1 aromatic carbocycles. The molecule has 0 saturated carbocycles. The van der Waals surface area contributed by atoms with E-state index in [0.717, 1.165) is 11.1 Å². The maximum absolute atomic E-state index is 14.4. The van der Waals surface area contributed by atoms with Gasteiger partial charge in [-0.3, -0.25) is 0 Å². The standard InChI is InChI=1S/C22H25FO5/c1-4-15-6-8-16(9-7-15)11-14(3)17(23)10-5-13(2)22-21(27)20(26)19(25)18(12-24)28-22/h1,5-10,18-22,24-27H,2,11-12H2,3H3/b10-5-,17-14-/t18-,19-,20+,21-,22+/m1/s1. The van der Waals surface area contributed by atoms with Gasteiger partial charge in [0.15, 0.2) is 0 Å². The summed E-state index contributed by atoms with van der Waals surface area (Å²) in [7, 11) is 0. The lowest BCUT2D eigenvalue weighted by molar-refractivity contribution is -0.218. The van der Waals surface area contributed by atoms with Gasteiger partial charge < -0.3 is 25.2 Å². The molecule has 4 N–H and O–H groups in total. The lowest BCUT2D eigenvalue weighted by Gasteiger charge is -2.40. The zero-order valence-electron chi connectivity index (χ0n) is 15.6. The van der Waals surface area contributed by atoms with Gasteiger partial charge in [0, 0.05) is 5.56 Å². The molecule has 0 amide bonds. The molecule has 1 fully saturated rings. The van der Waals surface area contributed by atoms with Gasteiger partial charge in [-0.25, -0.2) is 4.39 Å². The number of aliphatic hydroxyl groups is 4. The average molecular weight is 388 g/mol. The highest BCUT2D eigenvalue weighted by molar-refractivity contribution is 5.36. The second kappa shape index (κ2) is 9.78. The number of halogens is 1. The molecule has 28 heavy (non-hydrogen) atoms. The van der Waals surface area contributed by atoms with E-state index < -0.39 is 43.0 Å². The molecule has 1 aromatic rings. The van der Waals surface area contributed by atoms with Gasteiger partial charge in [0.05, 0.1) is 6.61 Å². The summed E-state index contributed by atoms with van der Waals surface area (Å²) in [5.41, 5.74) is 2.36. The van der Waals surface area contributed by atoms with Crippen LogP contribution in [0.1, 0.15) is 18.1 Å². The summed E-state index contributed by atoms with van der Waals surface area (Å²) in [4.78, 5) is 0. The van der Waals surface area contributed by atoms with Crippen LogP contribution >= 0.6 is 0 Å². The number of rotatable bonds is 6. The molecule has 2 rings (SSSR count). The van der Waals surface area contributed by atoms with Crippen molar-refractivity contribution in [1.29, 1.82) is 0 Å². The van der Waals surface area contributed by atoms with Crippen molar-refractivity contribution in [2.45, 2.75) is 43.9 Å². The van der Waals surface area contributed by atoms with Crippen LogP contribution in [0.5, 0.6) is 0 Å². The third-order valence-electron chi connectivity index (χ3n) is 4.70. The van der Waals surface area contributed by atoms with E-state index >= 15 is 0 Å². The van der Waals surface area contributed by atoms with Crippen LogP contribution in [0.2, 0.25) is 0 Å². The van der Waals surface area contributed by atoms with Crippen molar-refractivity contribution >= 4 is 0 Å². The fourth-order valence-corrected chi connectivity index (χ4v) is 2.93. The molecule has 1 heterocycles. The van der Waals surface area contributed by atoms with Gasteiger partial charge in [0.1, 0.15) is 36.3 Å².